The Morgan fingerprint density at radius 1 is 1.29 bits per heavy atom. The van der Waals surface area contributed by atoms with Crippen molar-refractivity contribution in [3.8, 4) is 0 Å². The first-order valence-electron chi connectivity index (χ1n) is 11.0. The number of aliphatic hydroxyl groups excluding tert-OH is 1. The van der Waals surface area contributed by atoms with Crippen molar-refractivity contribution >= 4 is 51.4 Å². The van der Waals surface area contributed by atoms with Crippen LogP contribution in [0.2, 0.25) is 0 Å². The number of ether oxygens (including phenoxy) is 2. The molecule has 0 radical (unpaired) electrons. The van der Waals surface area contributed by atoms with Gasteiger partial charge in [-0.3, -0.25) is 9.59 Å². The van der Waals surface area contributed by atoms with Crippen LogP contribution in [0.5, 0.6) is 0 Å². The number of carbonyl (C=O) groups is 4. The fourth-order valence-corrected chi connectivity index (χ4v) is 6.67. The number of halogens is 1. The molecule has 9 nitrogen and oxygen atoms in total. The van der Waals surface area contributed by atoms with Crippen LogP contribution in [0.1, 0.15) is 33.3 Å². The number of aliphatic hydroxyl groups is 1. The molecule has 2 heterocycles. The van der Waals surface area contributed by atoms with Gasteiger partial charge in [0, 0.05) is 4.75 Å². The van der Waals surface area contributed by atoms with Crippen LogP contribution in [0.25, 0.3) is 0 Å². The van der Waals surface area contributed by atoms with E-state index in [9.17, 15) is 24.3 Å². The van der Waals surface area contributed by atoms with Gasteiger partial charge in [0.2, 0.25) is 5.91 Å². The van der Waals surface area contributed by atoms with Crippen molar-refractivity contribution in [1.29, 1.82) is 0 Å². The smallest absolute Gasteiger partial charge is 0.408 e. The van der Waals surface area contributed by atoms with Gasteiger partial charge in [-0.2, -0.15) is 0 Å². The molecule has 0 saturated carbocycles. The summed E-state index contributed by atoms with van der Waals surface area (Å²) in [5.74, 6) is -1.98. The maximum absolute atomic E-state index is 13.2. The zero-order valence-electron chi connectivity index (χ0n) is 19.9. The van der Waals surface area contributed by atoms with Gasteiger partial charge >= 0.3 is 12.1 Å². The van der Waals surface area contributed by atoms with Crippen molar-refractivity contribution < 1.29 is 33.8 Å². The Bertz CT molecular complexity index is 1030. The van der Waals surface area contributed by atoms with Crippen molar-refractivity contribution in [2.45, 2.75) is 66.4 Å². The highest BCUT2D eigenvalue weighted by molar-refractivity contribution is 9.10. The Labute approximate surface area is 216 Å². The largest absolute Gasteiger partial charge is 0.460 e. The van der Waals surface area contributed by atoms with Crippen LogP contribution in [0.3, 0.4) is 0 Å². The summed E-state index contributed by atoms with van der Waals surface area (Å²) in [4.78, 5) is 52.7. The zero-order valence-corrected chi connectivity index (χ0v) is 22.4. The zero-order chi connectivity index (χ0) is 26.2. The fourth-order valence-electron chi connectivity index (χ4n) is 4.11. The minimum absolute atomic E-state index is 0.00355. The lowest BCUT2D eigenvalue weighted by Gasteiger charge is -2.52. The van der Waals surface area contributed by atoms with Crippen molar-refractivity contribution in [2.75, 3.05) is 6.61 Å². The van der Waals surface area contributed by atoms with Crippen LogP contribution in [-0.2, 0) is 30.5 Å². The minimum Gasteiger partial charge on any atom is -0.460 e. The molecule has 2 amide bonds. The quantitative estimate of drug-likeness (QED) is 0.202. The topological polar surface area (TPSA) is 122 Å². The normalized spacial score (nSPS) is 25.7. The average Bonchev–Trinajstić information content (AvgIpc) is 3.08. The van der Waals surface area contributed by atoms with Crippen LogP contribution >= 0.6 is 27.7 Å². The van der Waals surface area contributed by atoms with E-state index >= 15 is 0 Å². The summed E-state index contributed by atoms with van der Waals surface area (Å²) in [6, 6.07) is 8.13. The summed E-state index contributed by atoms with van der Waals surface area (Å²) >= 11 is 4.59. The summed E-state index contributed by atoms with van der Waals surface area (Å²) in [7, 11) is 0. The van der Waals surface area contributed by atoms with Gasteiger partial charge in [0.05, 0.1) is 5.54 Å². The van der Waals surface area contributed by atoms with E-state index in [0.29, 0.717) is 0 Å². The number of amides is 2. The van der Waals surface area contributed by atoms with Crippen molar-refractivity contribution in [1.82, 2.24) is 10.2 Å². The van der Waals surface area contributed by atoms with E-state index in [1.807, 2.05) is 6.07 Å². The number of nitrogens with one attached hydrogen (secondary N) is 1. The molecule has 1 aromatic rings. The van der Waals surface area contributed by atoms with Crippen LogP contribution in [0, 0.1) is 0 Å². The van der Waals surface area contributed by atoms with Crippen LogP contribution in [0.15, 0.2) is 43.0 Å². The Balaban J connectivity index is 1.70. The highest BCUT2D eigenvalue weighted by Gasteiger charge is 2.74. The van der Waals surface area contributed by atoms with E-state index in [2.05, 4.69) is 27.8 Å². The number of β-lactam (4-membered cyclic amide) rings is 1. The molecule has 0 aliphatic carbocycles. The highest BCUT2D eigenvalue weighted by Crippen LogP contribution is 2.59. The first-order chi connectivity index (χ1) is 16.3. The molecule has 190 valence electrons. The lowest BCUT2D eigenvalue weighted by molar-refractivity contribution is -0.169. The number of esters is 1. The lowest BCUT2D eigenvalue weighted by Crippen LogP contribution is -2.77. The van der Waals surface area contributed by atoms with Crippen molar-refractivity contribution in [2.24, 2.45) is 0 Å². The first kappa shape index (κ1) is 27.2. The van der Waals surface area contributed by atoms with E-state index in [-0.39, 0.29) is 13.2 Å². The van der Waals surface area contributed by atoms with E-state index < -0.39 is 55.9 Å². The number of Topliss-reactive ketones (excluding diaryl/α,β-unsaturated/α-hetero) is 1. The number of ketones is 1. The third kappa shape index (κ3) is 4.99. The molecule has 11 heteroatoms. The van der Waals surface area contributed by atoms with Gasteiger partial charge in [-0.1, -0.05) is 58.9 Å². The average molecular weight is 569 g/mol. The molecule has 0 bridgehead atoms. The number of hydrogen-bond acceptors (Lipinski definition) is 8. The van der Waals surface area contributed by atoms with Gasteiger partial charge in [0.15, 0.2) is 10.1 Å². The molecule has 1 aromatic carbocycles. The number of alkyl halides is 1. The number of benzene rings is 1. The molecule has 0 spiro atoms. The second kappa shape index (κ2) is 9.94. The first-order valence-corrected chi connectivity index (χ1v) is 12.6. The SMILES string of the molecule is C=CCOC(=O)[C@@H]1N2C(=O)C(Br)(C(O)C(=O)C(C)(C)NC(=O)OCc3ccccc3)[C@H]2SC1(C)C. The molecule has 3 rings (SSSR count). The van der Waals surface area contributed by atoms with E-state index in [4.69, 9.17) is 9.47 Å². The Hall–Kier alpha value is -2.37. The number of hydrogen-bond donors (Lipinski definition) is 2. The molecule has 2 saturated heterocycles. The second-order valence-electron chi connectivity index (χ2n) is 9.45. The predicted molar refractivity (Wildman–Crippen MR) is 134 cm³/mol. The van der Waals surface area contributed by atoms with Crippen LogP contribution in [-0.4, -0.2) is 72.5 Å². The number of nitrogens with zero attached hydrogens (tertiary/aromatic N) is 1. The summed E-state index contributed by atoms with van der Waals surface area (Å²) in [5, 5.41) is 12.8. The molecule has 2 aliphatic rings. The molecular formula is C24H29BrN2O7S. The summed E-state index contributed by atoms with van der Waals surface area (Å²) in [6.07, 6.45) is -1.21. The van der Waals surface area contributed by atoms with E-state index in [1.165, 1.54) is 36.6 Å². The molecule has 0 aromatic heterocycles. The molecule has 2 unspecified atom stereocenters. The highest BCUT2D eigenvalue weighted by atomic mass is 79.9. The molecule has 2 fully saturated rings. The number of rotatable bonds is 9. The molecule has 35 heavy (non-hydrogen) atoms. The maximum atomic E-state index is 13.2. The monoisotopic (exact) mass is 568 g/mol. The van der Waals surface area contributed by atoms with Gasteiger partial charge in [-0.25, -0.2) is 9.59 Å². The van der Waals surface area contributed by atoms with Crippen LogP contribution < -0.4 is 5.32 Å². The number of thioether (sulfide) groups is 1. The van der Waals surface area contributed by atoms with Gasteiger partial charge < -0.3 is 24.8 Å². The number of fused-ring (bicyclic) bond motifs is 1. The Morgan fingerprint density at radius 2 is 1.91 bits per heavy atom. The molecular weight excluding hydrogens is 540 g/mol. The predicted octanol–water partition coefficient (Wildman–Crippen LogP) is 2.55. The van der Waals surface area contributed by atoms with E-state index in [1.54, 1.807) is 38.1 Å². The van der Waals surface area contributed by atoms with Gasteiger partial charge in [0.1, 0.15) is 30.7 Å². The Kier molecular flexibility index (Phi) is 7.73. The standard InChI is InChI=1S/C24H29BrN2O7S/c1-6-12-33-18(30)15-23(4,5)35-20-24(25,19(31)27(15)20)17(29)16(28)22(2,3)26-21(32)34-13-14-10-8-7-9-11-14/h6-11,15,17,20,29H,1,12-13H2,2-5H3,(H,26,32)/t15-,17?,20+,24?/m0/s1. The second-order valence-corrected chi connectivity index (χ2v) is 12.5. The van der Waals surface area contributed by atoms with Crippen molar-refractivity contribution in [3.63, 3.8) is 0 Å². The minimum atomic E-state index is -1.80. The third-order valence-corrected chi connectivity index (χ3v) is 9.15. The summed E-state index contributed by atoms with van der Waals surface area (Å²) < 4.78 is 7.96. The third-order valence-electron chi connectivity index (χ3n) is 5.98. The maximum Gasteiger partial charge on any atom is 0.408 e. The van der Waals surface area contributed by atoms with Gasteiger partial charge in [-0.05, 0) is 33.3 Å². The molecule has 2 N–H and O–H groups in total. The number of carbonyl (C=O) groups excluding carboxylic acids is 4. The Morgan fingerprint density at radius 3 is 2.51 bits per heavy atom. The fraction of sp³-hybridized carbons (Fsp3) is 0.500. The summed E-state index contributed by atoms with van der Waals surface area (Å²) in [5.41, 5.74) is -0.774. The molecule has 4 atom stereocenters. The molecule has 2 aliphatic heterocycles. The van der Waals surface area contributed by atoms with Crippen molar-refractivity contribution in [3.05, 3.63) is 48.6 Å². The van der Waals surface area contributed by atoms with Gasteiger partial charge in [0.25, 0.3) is 0 Å². The lowest BCUT2D eigenvalue weighted by atomic mass is 9.81. The van der Waals surface area contributed by atoms with Gasteiger partial charge in [-0.15, -0.1) is 11.8 Å². The number of alkyl carbamates (subject to hydrolysis) is 1. The van der Waals surface area contributed by atoms with E-state index in [0.717, 1.165) is 5.56 Å². The van der Waals surface area contributed by atoms with Crippen LogP contribution in [0.4, 0.5) is 4.79 Å². The summed E-state index contributed by atoms with van der Waals surface area (Å²) in [6.45, 7) is 9.94.